The number of halogens is 1. The summed E-state index contributed by atoms with van der Waals surface area (Å²) in [6, 6.07) is 11.8. The minimum Gasteiger partial charge on any atom is -0.462 e. The van der Waals surface area contributed by atoms with Crippen LogP contribution in [0.25, 0.3) is 21.7 Å². The molecule has 1 unspecified atom stereocenters. The van der Waals surface area contributed by atoms with Gasteiger partial charge in [0.2, 0.25) is 5.91 Å². The minimum atomic E-state index is -0.776. The second-order valence-electron chi connectivity index (χ2n) is 7.25. The first-order valence-corrected chi connectivity index (χ1v) is 10.3. The van der Waals surface area contributed by atoms with Gasteiger partial charge in [-0.1, -0.05) is 35.9 Å². The van der Waals surface area contributed by atoms with Gasteiger partial charge in [-0.2, -0.15) is 0 Å². The van der Waals surface area contributed by atoms with Crippen LogP contribution in [0.4, 0.5) is 5.69 Å². The molecule has 4 rings (SSSR count). The second kappa shape index (κ2) is 9.44. The summed E-state index contributed by atoms with van der Waals surface area (Å²) in [4.78, 5) is 28.2. The Morgan fingerprint density at radius 2 is 2.00 bits per heavy atom. The maximum atomic E-state index is 12.7. The number of carbonyl (C=O) groups excluding carboxylic acids is 1. The van der Waals surface area contributed by atoms with Crippen molar-refractivity contribution in [1.82, 2.24) is 4.98 Å². The van der Waals surface area contributed by atoms with Gasteiger partial charge in [0.15, 0.2) is 0 Å². The van der Waals surface area contributed by atoms with Crippen molar-refractivity contribution < 1.29 is 18.7 Å². The van der Waals surface area contributed by atoms with Gasteiger partial charge in [0.05, 0.1) is 18.0 Å². The lowest BCUT2D eigenvalue weighted by Crippen LogP contribution is -2.37. The van der Waals surface area contributed by atoms with E-state index in [1.807, 2.05) is 30.5 Å². The summed E-state index contributed by atoms with van der Waals surface area (Å²) in [7, 11) is 1.53. The van der Waals surface area contributed by atoms with Crippen molar-refractivity contribution in [3.63, 3.8) is 0 Å². The first kappa shape index (κ1) is 21.9. The number of para-hydroxylation sites is 1. The summed E-state index contributed by atoms with van der Waals surface area (Å²) in [5, 5.41) is 4.62. The smallest absolute Gasteiger partial charge is 0.346 e. The van der Waals surface area contributed by atoms with Crippen LogP contribution in [0.2, 0.25) is 5.02 Å². The summed E-state index contributed by atoms with van der Waals surface area (Å²) in [6.07, 6.45) is 2.22. The Morgan fingerprint density at radius 1 is 1.19 bits per heavy atom. The van der Waals surface area contributed by atoms with Crippen molar-refractivity contribution in [3.8, 4) is 5.95 Å². The van der Waals surface area contributed by atoms with Crippen LogP contribution in [0.15, 0.2) is 57.9 Å². The highest BCUT2D eigenvalue weighted by Crippen LogP contribution is 2.32. The SMILES string of the molecule is COCCOc1oc(=O)c2cc(NC(=O)C(N)Cc3c[nH]c4ccccc34)ccc2c1Cl. The third-order valence-corrected chi connectivity index (χ3v) is 5.44. The lowest BCUT2D eigenvalue weighted by Gasteiger charge is -2.13. The largest absolute Gasteiger partial charge is 0.462 e. The second-order valence-corrected chi connectivity index (χ2v) is 7.63. The fraction of sp³-hybridized carbons (Fsp3) is 0.217. The number of benzene rings is 2. The molecule has 1 atom stereocenters. The van der Waals surface area contributed by atoms with Crippen molar-refractivity contribution in [2.75, 3.05) is 25.6 Å². The van der Waals surface area contributed by atoms with Crippen LogP contribution < -0.4 is 21.4 Å². The number of amides is 1. The molecule has 4 aromatic rings. The number of aromatic nitrogens is 1. The molecule has 2 aromatic carbocycles. The van der Waals surface area contributed by atoms with Gasteiger partial charge in [0, 0.05) is 35.3 Å². The molecule has 0 saturated carbocycles. The number of nitrogens with two attached hydrogens (primary N) is 1. The van der Waals surface area contributed by atoms with Gasteiger partial charge in [0.1, 0.15) is 11.6 Å². The van der Waals surface area contributed by atoms with Crippen molar-refractivity contribution >= 4 is 44.9 Å². The monoisotopic (exact) mass is 455 g/mol. The first-order valence-electron chi connectivity index (χ1n) is 9.97. The number of rotatable bonds is 8. The molecule has 0 spiro atoms. The standard InChI is InChI=1S/C23H22ClN3O5/c1-30-8-9-31-23-20(24)16-7-6-14(11-17(16)22(29)32-23)27-21(28)18(25)10-13-12-26-19-5-3-2-4-15(13)19/h2-7,11-12,18,26H,8-10,25H2,1H3,(H,27,28). The molecule has 0 aliphatic rings. The Hall–Kier alpha value is -3.33. The van der Waals surface area contributed by atoms with Gasteiger partial charge in [0.25, 0.3) is 0 Å². The lowest BCUT2D eigenvalue weighted by atomic mass is 10.0. The van der Waals surface area contributed by atoms with Crippen molar-refractivity contribution in [1.29, 1.82) is 0 Å². The van der Waals surface area contributed by atoms with E-state index in [1.54, 1.807) is 12.1 Å². The zero-order chi connectivity index (χ0) is 22.7. The third-order valence-electron chi connectivity index (χ3n) is 5.08. The predicted octanol–water partition coefficient (Wildman–Crippen LogP) is 3.46. The third kappa shape index (κ3) is 4.47. The fourth-order valence-corrected chi connectivity index (χ4v) is 3.71. The van der Waals surface area contributed by atoms with Gasteiger partial charge in [-0.3, -0.25) is 4.79 Å². The zero-order valence-electron chi connectivity index (χ0n) is 17.3. The van der Waals surface area contributed by atoms with E-state index in [-0.39, 0.29) is 28.9 Å². The molecule has 2 heterocycles. The maximum Gasteiger partial charge on any atom is 0.346 e. The van der Waals surface area contributed by atoms with Crippen molar-refractivity contribution in [2.24, 2.45) is 5.73 Å². The Labute approximate surface area is 188 Å². The van der Waals surface area contributed by atoms with Crippen LogP contribution in [0.5, 0.6) is 5.95 Å². The van der Waals surface area contributed by atoms with Crippen LogP contribution in [-0.4, -0.2) is 37.3 Å². The van der Waals surface area contributed by atoms with E-state index in [1.165, 1.54) is 13.2 Å². The average molecular weight is 456 g/mol. The van der Waals surface area contributed by atoms with Crippen LogP contribution in [0, 0.1) is 0 Å². The molecule has 8 nitrogen and oxygen atoms in total. The summed E-state index contributed by atoms with van der Waals surface area (Å²) in [5.74, 6) is -0.441. The highest BCUT2D eigenvalue weighted by atomic mass is 35.5. The molecule has 0 saturated heterocycles. The molecule has 0 bridgehead atoms. The Kier molecular flexibility index (Phi) is 6.45. The molecule has 32 heavy (non-hydrogen) atoms. The number of carbonyl (C=O) groups is 1. The van der Waals surface area contributed by atoms with Gasteiger partial charge < -0.3 is 29.9 Å². The van der Waals surface area contributed by atoms with Gasteiger partial charge in [-0.15, -0.1) is 0 Å². The van der Waals surface area contributed by atoms with E-state index in [9.17, 15) is 9.59 Å². The molecule has 0 aliphatic heterocycles. The van der Waals surface area contributed by atoms with E-state index in [0.29, 0.717) is 24.1 Å². The van der Waals surface area contributed by atoms with Gasteiger partial charge in [-0.05, 0) is 30.2 Å². The van der Waals surface area contributed by atoms with Crippen LogP contribution in [0.1, 0.15) is 5.56 Å². The molecule has 2 aromatic heterocycles. The number of methoxy groups -OCH3 is 1. The number of H-pyrrole nitrogens is 1. The molecule has 0 radical (unpaired) electrons. The van der Waals surface area contributed by atoms with E-state index < -0.39 is 11.7 Å². The number of hydrogen-bond donors (Lipinski definition) is 3. The van der Waals surface area contributed by atoms with E-state index in [4.69, 9.17) is 31.2 Å². The van der Waals surface area contributed by atoms with Crippen LogP contribution in [0.3, 0.4) is 0 Å². The van der Waals surface area contributed by atoms with Crippen LogP contribution >= 0.6 is 11.6 Å². The molecule has 1 amide bonds. The number of aromatic amines is 1. The summed E-state index contributed by atoms with van der Waals surface area (Å²) in [6.45, 7) is 0.509. The molecular formula is C23H22ClN3O5. The topological polar surface area (TPSA) is 120 Å². The summed E-state index contributed by atoms with van der Waals surface area (Å²) in [5.41, 5.74) is 7.86. The fourth-order valence-electron chi connectivity index (χ4n) is 3.45. The summed E-state index contributed by atoms with van der Waals surface area (Å²) >= 11 is 6.32. The number of ether oxygens (including phenoxy) is 2. The highest BCUT2D eigenvalue weighted by molar-refractivity contribution is 6.36. The number of anilines is 1. The Balaban J connectivity index is 1.51. The first-order chi connectivity index (χ1) is 15.5. The maximum absolute atomic E-state index is 12.7. The van der Waals surface area contributed by atoms with E-state index in [2.05, 4.69) is 10.3 Å². The highest BCUT2D eigenvalue weighted by Gasteiger charge is 2.18. The molecule has 0 fully saturated rings. The van der Waals surface area contributed by atoms with E-state index in [0.717, 1.165) is 16.5 Å². The Bertz CT molecular complexity index is 1330. The average Bonchev–Trinajstić information content (AvgIpc) is 3.20. The number of nitrogens with one attached hydrogen (secondary N) is 2. The van der Waals surface area contributed by atoms with Crippen LogP contribution in [-0.2, 0) is 16.0 Å². The van der Waals surface area contributed by atoms with Gasteiger partial charge >= 0.3 is 11.6 Å². The molecule has 9 heteroatoms. The Morgan fingerprint density at radius 3 is 2.81 bits per heavy atom. The number of fused-ring (bicyclic) bond motifs is 2. The minimum absolute atomic E-state index is 0.0706. The zero-order valence-corrected chi connectivity index (χ0v) is 18.1. The summed E-state index contributed by atoms with van der Waals surface area (Å²) < 4.78 is 15.4. The normalized spacial score (nSPS) is 12.2. The number of hydrogen-bond acceptors (Lipinski definition) is 6. The van der Waals surface area contributed by atoms with E-state index >= 15 is 0 Å². The molecule has 4 N–H and O–H groups in total. The predicted molar refractivity (Wildman–Crippen MR) is 123 cm³/mol. The van der Waals surface area contributed by atoms with Gasteiger partial charge in [-0.25, -0.2) is 4.79 Å². The quantitative estimate of drug-likeness (QED) is 0.350. The molecule has 166 valence electrons. The lowest BCUT2D eigenvalue weighted by molar-refractivity contribution is -0.117. The molecular weight excluding hydrogens is 434 g/mol. The molecule has 0 aliphatic carbocycles. The van der Waals surface area contributed by atoms with Crippen molar-refractivity contribution in [2.45, 2.75) is 12.5 Å². The van der Waals surface area contributed by atoms with Crippen molar-refractivity contribution in [3.05, 3.63) is 69.7 Å².